The van der Waals surface area contributed by atoms with E-state index in [-0.39, 0.29) is 28.5 Å². The third-order valence-corrected chi connectivity index (χ3v) is 6.28. The number of ether oxygens (including phenoxy) is 1. The monoisotopic (exact) mass is 480 g/mol. The summed E-state index contributed by atoms with van der Waals surface area (Å²) in [6.45, 7) is 0.242. The van der Waals surface area contributed by atoms with E-state index >= 15 is 0 Å². The topological polar surface area (TPSA) is 141 Å². The molecule has 0 amide bonds. The molecule has 2 N–H and O–H groups in total. The zero-order chi connectivity index (χ0) is 24.1. The molecular formula is C22H20N6O5S. The lowest BCUT2D eigenvalue weighted by molar-refractivity contribution is -0.385. The first-order chi connectivity index (χ1) is 16.4. The van der Waals surface area contributed by atoms with Gasteiger partial charge in [-0.05, 0) is 29.8 Å². The number of anilines is 2. The lowest BCUT2D eigenvalue weighted by atomic mass is 10.2. The van der Waals surface area contributed by atoms with Crippen LogP contribution in [0.4, 0.5) is 17.1 Å². The molecule has 0 unspecified atom stereocenters. The Balaban J connectivity index is 1.61. The maximum absolute atomic E-state index is 13.2. The summed E-state index contributed by atoms with van der Waals surface area (Å²) in [6, 6.07) is 13.7. The van der Waals surface area contributed by atoms with Crippen LogP contribution in [0.25, 0.3) is 5.82 Å². The Hall–Kier alpha value is -4.45. The van der Waals surface area contributed by atoms with E-state index in [1.165, 1.54) is 25.3 Å². The van der Waals surface area contributed by atoms with E-state index < -0.39 is 14.9 Å². The number of rotatable bonds is 9. The molecule has 174 valence electrons. The highest BCUT2D eigenvalue weighted by atomic mass is 32.2. The second kappa shape index (κ2) is 9.58. The summed E-state index contributed by atoms with van der Waals surface area (Å²) in [5.74, 6) is 0.996. The first-order valence-corrected chi connectivity index (χ1v) is 11.5. The molecule has 0 radical (unpaired) electrons. The molecular weight excluding hydrogens is 460 g/mol. The molecule has 0 bridgehead atoms. The Morgan fingerprint density at radius 3 is 2.62 bits per heavy atom. The summed E-state index contributed by atoms with van der Waals surface area (Å²) in [7, 11) is -2.78. The fraction of sp³-hybridized carbons (Fsp3) is 0.0909. The number of para-hydroxylation sites is 2. The van der Waals surface area contributed by atoms with Gasteiger partial charge in [-0.2, -0.15) is 0 Å². The molecule has 0 spiro atoms. The fourth-order valence-corrected chi connectivity index (χ4v) is 4.46. The van der Waals surface area contributed by atoms with E-state index in [4.69, 9.17) is 4.74 Å². The average molecular weight is 481 g/mol. The molecule has 34 heavy (non-hydrogen) atoms. The fourth-order valence-electron chi connectivity index (χ4n) is 3.19. The zero-order valence-corrected chi connectivity index (χ0v) is 18.8. The summed E-state index contributed by atoms with van der Waals surface area (Å²) < 4.78 is 35.8. The van der Waals surface area contributed by atoms with Crippen molar-refractivity contribution in [1.82, 2.24) is 14.5 Å². The van der Waals surface area contributed by atoms with Gasteiger partial charge in [-0.25, -0.2) is 18.4 Å². The van der Waals surface area contributed by atoms with Crippen molar-refractivity contribution in [2.75, 3.05) is 17.1 Å². The van der Waals surface area contributed by atoms with E-state index in [1.54, 1.807) is 53.8 Å². The number of imidazole rings is 1. The van der Waals surface area contributed by atoms with Gasteiger partial charge in [-0.15, -0.1) is 0 Å². The van der Waals surface area contributed by atoms with Gasteiger partial charge < -0.3 is 10.1 Å². The second-order valence-corrected chi connectivity index (χ2v) is 8.74. The lowest BCUT2D eigenvalue weighted by Crippen LogP contribution is -2.16. The van der Waals surface area contributed by atoms with E-state index in [2.05, 4.69) is 20.0 Å². The van der Waals surface area contributed by atoms with Crippen LogP contribution in [0, 0.1) is 10.1 Å². The van der Waals surface area contributed by atoms with Crippen LogP contribution >= 0.6 is 0 Å². The van der Waals surface area contributed by atoms with Gasteiger partial charge in [-0.3, -0.25) is 19.4 Å². The van der Waals surface area contributed by atoms with Crippen molar-refractivity contribution < 1.29 is 18.1 Å². The normalized spacial score (nSPS) is 11.1. The number of benzene rings is 2. The average Bonchev–Trinajstić information content (AvgIpc) is 3.38. The summed E-state index contributed by atoms with van der Waals surface area (Å²) >= 11 is 0. The Morgan fingerprint density at radius 1 is 1.12 bits per heavy atom. The maximum atomic E-state index is 13.2. The van der Waals surface area contributed by atoms with Crippen LogP contribution in [0.5, 0.6) is 5.75 Å². The van der Waals surface area contributed by atoms with Gasteiger partial charge in [0.1, 0.15) is 22.8 Å². The molecule has 4 aromatic rings. The minimum absolute atomic E-state index is 0.201. The van der Waals surface area contributed by atoms with Crippen LogP contribution < -0.4 is 14.8 Å². The summed E-state index contributed by atoms with van der Waals surface area (Å²) in [4.78, 5) is 18.7. The smallest absolute Gasteiger partial charge is 0.270 e. The Bertz CT molecular complexity index is 1410. The Kier molecular flexibility index (Phi) is 6.41. The number of sulfonamides is 1. The molecule has 0 aliphatic carbocycles. The van der Waals surface area contributed by atoms with Gasteiger partial charge in [0.25, 0.3) is 15.7 Å². The molecule has 0 saturated heterocycles. The van der Waals surface area contributed by atoms with Gasteiger partial charge in [0.15, 0.2) is 0 Å². The van der Waals surface area contributed by atoms with Crippen molar-refractivity contribution in [2.24, 2.45) is 0 Å². The number of hydrogen-bond donors (Lipinski definition) is 2. The van der Waals surface area contributed by atoms with Gasteiger partial charge >= 0.3 is 0 Å². The predicted molar refractivity (Wildman–Crippen MR) is 126 cm³/mol. The Morgan fingerprint density at radius 2 is 1.94 bits per heavy atom. The molecule has 0 aliphatic rings. The largest absolute Gasteiger partial charge is 0.495 e. The second-order valence-electron chi connectivity index (χ2n) is 7.09. The molecule has 0 saturated carbocycles. The summed E-state index contributed by atoms with van der Waals surface area (Å²) in [5.41, 5.74) is 0.842. The highest BCUT2D eigenvalue weighted by Crippen LogP contribution is 2.31. The molecule has 0 fully saturated rings. The summed E-state index contributed by atoms with van der Waals surface area (Å²) in [6.07, 6.45) is 6.69. The predicted octanol–water partition coefficient (Wildman–Crippen LogP) is 3.60. The first-order valence-electron chi connectivity index (χ1n) is 9.99. The molecule has 2 aromatic carbocycles. The highest BCUT2D eigenvalue weighted by Gasteiger charge is 2.23. The number of hydrogen-bond acceptors (Lipinski definition) is 8. The minimum Gasteiger partial charge on any atom is -0.495 e. The molecule has 11 nitrogen and oxygen atoms in total. The summed E-state index contributed by atoms with van der Waals surface area (Å²) in [5, 5.41) is 14.3. The van der Waals surface area contributed by atoms with Crippen LogP contribution in [-0.4, -0.2) is 35.0 Å². The van der Waals surface area contributed by atoms with Crippen LogP contribution in [0.15, 0.2) is 84.4 Å². The molecule has 4 rings (SSSR count). The van der Waals surface area contributed by atoms with Crippen molar-refractivity contribution in [2.45, 2.75) is 11.4 Å². The number of non-ortho nitro benzene ring substituents is 1. The molecule has 12 heteroatoms. The number of nitro benzene ring substituents is 1. The van der Waals surface area contributed by atoms with E-state index in [0.29, 0.717) is 11.6 Å². The van der Waals surface area contributed by atoms with Gasteiger partial charge in [0.2, 0.25) is 0 Å². The quantitative estimate of drug-likeness (QED) is 0.273. The Labute approximate surface area is 195 Å². The molecule has 0 aliphatic heterocycles. The number of methoxy groups -OCH3 is 1. The van der Waals surface area contributed by atoms with Gasteiger partial charge in [0, 0.05) is 37.3 Å². The zero-order valence-electron chi connectivity index (χ0n) is 18.0. The number of nitro groups is 1. The van der Waals surface area contributed by atoms with E-state index in [9.17, 15) is 18.5 Å². The number of aromatic nitrogens is 3. The van der Waals surface area contributed by atoms with Crippen LogP contribution in [0.3, 0.4) is 0 Å². The minimum atomic E-state index is -4.20. The van der Waals surface area contributed by atoms with Crippen LogP contribution in [0.1, 0.15) is 5.56 Å². The highest BCUT2D eigenvalue weighted by molar-refractivity contribution is 7.93. The molecule has 2 heterocycles. The first kappa shape index (κ1) is 22.7. The SMILES string of the molecule is COc1ccccc1NS(=O)(=O)c1cc([N+](=O)[O-])ccc1NCc1ccc(-n2ccnc2)nc1. The van der Waals surface area contributed by atoms with Crippen molar-refractivity contribution in [1.29, 1.82) is 0 Å². The molecule has 0 atom stereocenters. The maximum Gasteiger partial charge on any atom is 0.270 e. The number of pyridine rings is 1. The van der Waals surface area contributed by atoms with Crippen molar-refractivity contribution in [3.05, 3.63) is 95.2 Å². The number of nitrogens with one attached hydrogen (secondary N) is 2. The third kappa shape index (κ3) is 4.96. The van der Waals surface area contributed by atoms with Gasteiger partial charge in [0.05, 0.1) is 23.4 Å². The van der Waals surface area contributed by atoms with Gasteiger partial charge in [-0.1, -0.05) is 18.2 Å². The standard InChI is InChI=1S/C22H20N6O5S/c1-33-20-5-3-2-4-18(20)26-34(31,32)21-12-17(28(29)30)7-8-19(21)24-13-16-6-9-22(25-14-16)27-11-10-23-15-27/h2-12,14-15,24,26H,13H2,1H3. The van der Waals surface area contributed by atoms with E-state index in [0.717, 1.165) is 11.6 Å². The lowest BCUT2D eigenvalue weighted by Gasteiger charge is -2.15. The molecule has 2 aromatic heterocycles. The van der Waals surface area contributed by atoms with Crippen molar-refractivity contribution in [3.8, 4) is 11.6 Å². The van der Waals surface area contributed by atoms with Crippen molar-refractivity contribution in [3.63, 3.8) is 0 Å². The van der Waals surface area contributed by atoms with Crippen LogP contribution in [-0.2, 0) is 16.6 Å². The van der Waals surface area contributed by atoms with E-state index in [1.807, 2.05) is 6.07 Å². The number of nitrogens with zero attached hydrogens (tertiary/aromatic N) is 4. The van der Waals surface area contributed by atoms with Crippen molar-refractivity contribution >= 4 is 27.1 Å². The third-order valence-electron chi connectivity index (χ3n) is 4.88. The van der Waals surface area contributed by atoms with Crippen LogP contribution in [0.2, 0.25) is 0 Å².